The second kappa shape index (κ2) is 13.0. The van der Waals surface area contributed by atoms with Gasteiger partial charge in [0.05, 0.1) is 16.1 Å². The molecule has 216 valence electrons. The number of hydrogen-bond acceptors (Lipinski definition) is 5. The minimum absolute atomic E-state index is 0.157. The van der Waals surface area contributed by atoms with Crippen molar-refractivity contribution >= 4 is 27.5 Å². The fraction of sp³-hybridized carbons (Fsp3) is 0.375. The molecule has 0 unspecified atom stereocenters. The largest absolute Gasteiger partial charge is 0.349 e. The number of aryl methyl sites for hydroxylation is 1. The zero-order valence-electron chi connectivity index (χ0n) is 23.5. The van der Waals surface area contributed by atoms with E-state index in [4.69, 9.17) is 0 Å². The summed E-state index contributed by atoms with van der Waals surface area (Å²) in [5, 5.41) is 6.03. The van der Waals surface area contributed by atoms with Crippen molar-refractivity contribution in [3.8, 4) is 0 Å². The first kappa shape index (κ1) is 29.0. The van der Waals surface area contributed by atoms with E-state index in [0.29, 0.717) is 54.4 Å². The lowest BCUT2D eigenvalue weighted by Crippen LogP contribution is -2.48. The van der Waals surface area contributed by atoms with Crippen LogP contribution in [0.25, 0.3) is 0 Å². The molecule has 5 rings (SSSR count). The summed E-state index contributed by atoms with van der Waals surface area (Å²) in [5.41, 5.74) is 3.54. The maximum Gasteiger partial charge on any atom is 0.255 e. The predicted molar refractivity (Wildman–Crippen MR) is 160 cm³/mol. The molecule has 1 aliphatic carbocycles. The Balaban J connectivity index is 1.15. The van der Waals surface area contributed by atoms with Crippen molar-refractivity contribution in [3.05, 3.63) is 95.1 Å². The highest BCUT2D eigenvalue weighted by molar-refractivity contribution is 7.89. The van der Waals surface area contributed by atoms with Crippen LogP contribution < -0.4 is 10.6 Å². The summed E-state index contributed by atoms with van der Waals surface area (Å²) in [4.78, 5) is 28.5. The molecule has 3 aromatic carbocycles. The van der Waals surface area contributed by atoms with Crippen molar-refractivity contribution in [1.29, 1.82) is 0 Å². The van der Waals surface area contributed by atoms with E-state index >= 15 is 0 Å². The van der Waals surface area contributed by atoms with E-state index in [9.17, 15) is 18.0 Å². The lowest BCUT2D eigenvalue weighted by Gasteiger charge is -2.34. The van der Waals surface area contributed by atoms with Gasteiger partial charge in [-0.25, -0.2) is 8.42 Å². The van der Waals surface area contributed by atoms with Crippen LogP contribution in [0.5, 0.6) is 0 Å². The quantitative estimate of drug-likeness (QED) is 0.402. The first-order chi connectivity index (χ1) is 19.8. The van der Waals surface area contributed by atoms with Crippen LogP contribution >= 0.6 is 0 Å². The van der Waals surface area contributed by atoms with Crippen molar-refractivity contribution in [2.24, 2.45) is 0 Å². The second-order valence-electron chi connectivity index (χ2n) is 11.0. The van der Waals surface area contributed by atoms with E-state index in [0.717, 1.165) is 36.8 Å². The van der Waals surface area contributed by atoms with Gasteiger partial charge in [0, 0.05) is 44.3 Å². The highest BCUT2D eigenvalue weighted by atomic mass is 32.2. The van der Waals surface area contributed by atoms with Gasteiger partial charge in [-0.15, -0.1) is 0 Å². The SMILES string of the molecule is Cc1ccc(S(=O)(=O)N2CCN(Cc3ccc(C(=O)Nc4ccccc4C(=O)NC4CCCCC4)cc3)CC2)cc1. The maximum absolute atomic E-state index is 13.0. The highest BCUT2D eigenvalue weighted by Gasteiger charge is 2.28. The molecule has 9 heteroatoms. The molecule has 0 aromatic heterocycles. The van der Waals surface area contributed by atoms with Gasteiger partial charge >= 0.3 is 0 Å². The molecule has 2 amide bonds. The molecular weight excluding hydrogens is 536 g/mol. The van der Waals surface area contributed by atoms with Gasteiger partial charge in [0.2, 0.25) is 10.0 Å². The number of sulfonamides is 1. The van der Waals surface area contributed by atoms with Crippen LogP contribution in [0.15, 0.2) is 77.7 Å². The zero-order valence-corrected chi connectivity index (χ0v) is 24.3. The Labute approximate surface area is 242 Å². The average molecular weight is 575 g/mol. The van der Waals surface area contributed by atoms with Crippen LogP contribution in [0.4, 0.5) is 5.69 Å². The highest BCUT2D eigenvalue weighted by Crippen LogP contribution is 2.22. The number of benzene rings is 3. The molecule has 3 aromatic rings. The molecule has 0 atom stereocenters. The van der Waals surface area contributed by atoms with Crippen LogP contribution in [0.2, 0.25) is 0 Å². The molecule has 1 saturated carbocycles. The average Bonchev–Trinajstić information content (AvgIpc) is 2.99. The van der Waals surface area contributed by atoms with Gasteiger partial charge in [-0.1, -0.05) is 61.2 Å². The summed E-state index contributed by atoms with van der Waals surface area (Å²) < 4.78 is 27.5. The second-order valence-corrected chi connectivity index (χ2v) is 12.9. The Morgan fingerprint density at radius 3 is 2.15 bits per heavy atom. The minimum Gasteiger partial charge on any atom is -0.349 e. The third-order valence-corrected chi connectivity index (χ3v) is 9.89. The van der Waals surface area contributed by atoms with Crippen LogP contribution in [0.1, 0.15) is 63.9 Å². The molecule has 0 spiro atoms. The summed E-state index contributed by atoms with van der Waals surface area (Å²) in [6.07, 6.45) is 5.47. The van der Waals surface area contributed by atoms with Gasteiger partial charge in [-0.05, 0) is 61.7 Å². The first-order valence-electron chi connectivity index (χ1n) is 14.4. The van der Waals surface area contributed by atoms with Gasteiger partial charge in [0.15, 0.2) is 0 Å². The first-order valence-corrected chi connectivity index (χ1v) is 15.8. The Morgan fingerprint density at radius 2 is 1.46 bits per heavy atom. The number of hydrogen-bond donors (Lipinski definition) is 2. The fourth-order valence-electron chi connectivity index (χ4n) is 5.50. The molecule has 0 radical (unpaired) electrons. The lowest BCUT2D eigenvalue weighted by atomic mass is 9.95. The van der Waals surface area contributed by atoms with Gasteiger partial charge in [0.25, 0.3) is 11.8 Å². The topological polar surface area (TPSA) is 98.8 Å². The minimum atomic E-state index is -3.50. The number of nitrogens with zero attached hydrogens (tertiary/aromatic N) is 2. The third kappa shape index (κ3) is 7.22. The molecule has 41 heavy (non-hydrogen) atoms. The van der Waals surface area contributed by atoms with E-state index in [2.05, 4.69) is 15.5 Å². The number of para-hydroxylation sites is 1. The van der Waals surface area contributed by atoms with Gasteiger partial charge < -0.3 is 10.6 Å². The molecular formula is C32H38N4O4S. The molecule has 0 bridgehead atoms. The van der Waals surface area contributed by atoms with E-state index in [1.807, 2.05) is 37.3 Å². The normalized spacial score (nSPS) is 17.2. The van der Waals surface area contributed by atoms with E-state index in [-0.39, 0.29) is 17.9 Å². The predicted octanol–water partition coefficient (Wildman–Crippen LogP) is 4.82. The fourth-order valence-corrected chi connectivity index (χ4v) is 6.92. The van der Waals surface area contributed by atoms with Crippen LogP contribution in [-0.4, -0.2) is 61.7 Å². The van der Waals surface area contributed by atoms with Crippen molar-refractivity contribution < 1.29 is 18.0 Å². The molecule has 1 aliphatic heterocycles. The summed E-state index contributed by atoms with van der Waals surface area (Å²) in [6, 6.07) is 21.7. The van der Waals surface area contributed by atoms with Gasteiger partial charge in [-0.2, -0.15) is 4.31 Å². The Morgan fingerprint density at radius 1 is 0.805 bits per heavy atom. The number of carbonyl (C=O) groups is 2. The van der Waals surface area contributed by atoms with Crippen molar-refractivity contribution in [1.82, 2.24) is 14.5 Å². The van der Waals surface area contributed by atoms with E-state index in [1.165, 1.54) is 6.42 Å². The molecule has 8 nitrogen and oxygen atoms in total. The third-order valence-electron chi connectivity index (χ3n) is 7.97. The number of piperazine rings is 1. The Hall–Kier alpha value is -3.53. The van der Waals surface area contributed by atoms with Crippen molar-refractivity contribution in [3.63, 3.8) is 0 Å². The number of amides is 2. The molecule has 2 N–H and O–H groups in total. The van der Waals surface area contributed by atoms with Crippen molar-refractivity contribution in [2.75, 3.05) is 31.5 Å². The summed E-state index contributed by atoms with van der Waals surface area (Å²) in [5.74, 6) is -0.431. The summed E-state index contributed by atoms with van der Waals surface area (Å²) in [6.45, 7) is 4.74. The van der Waals surface area contributed by atoms with Crippen LogP contribution in [-0.2, 0) is 16.6 Å². The van der Waals surface area contributed by atoms with Crippen LogP contribution in [0.3, 0.4) is 0 Å². The lowest BCUT2D eigenvalue weighted by molar-refractivity contribution is 0.0928. The van der Waals surface area contributed by atoms with E-state index in [1.54, 1.807) is 46.8 Å². The molecule has 1 saturated heterocycles. The summed E-state index contributed by atoms with van der Waals surface area (Å²) >= 11 is 0. The Bertz CT molecular complexity index is 1460. The number of nitrogens with one attached hydrogen (secondary N) is 2. The Kier molecular flexibility index (Phi) is 9.17. The number of anilines is 1. The molecule has 2 aliphatic rings. The molecule has 2 fully saturated rings. The monoisotopic (exact) mass is 574 g/mol. The van der Waals surface area contributed by atoms with E-state index < -0.39 is 10.0 Å². The zero-order chi connectivity index (χ0) is 28.8. The van der Waals surface area contributed by atoms with Gasteiger partial charge in [0.1, 0.15) is 0 Å². The van der Waals surface area contributed by atoms with Crippen molar-refractivity contribution in [2.45, 2.75) is 56.5 Å². The number of rotatable bonds is 8. The summed E-state index contributed by atoms with van der Waals surface area (Å²) in [7, 11) is -3.50. The van der Waals surface area contributed by atoms with Crippen LogP contribution in [0, 0.1) is 6.92 Å². The standard InChI is InChI=1S/C32H38N4O4S/c1-24-11-17-28(18-12-24)41(39,40)36-21-19-35(20-22-36)23-25-13-15-26(16-14-25)31(37)34-30-10-6-5-9-29(30)32(38)33-27-7-3-2-4-8-27/h5-6,9-18,27H,2-4,7-8,19-23H2,1H3,(H,33,38)(H,34,37). The smallest absolute Gasteiger partial charge is 0.255 e. The maximum atomic E-state index is 13.0. The van der Waals surface area contributed by atoms with Gasteiger partial charge in [-0.3, -0.25) is 14.5 Å². The molecule has 1 heterocycles. The number of carbonyl (C=O) groups excluding carboxylic acids is 2.